The number of benzene rings is 3. The van der Waals surface area contributed by atoms with Crippen molar-refractivity contribution in [3.63, 3.8) is 0 Å². The summed E-state index contributed by atoms with van der Waals surface area (Å²) < 4.78 is 7.72. The molecule has 0 saturated carbocycles. The number of phenols is 2. The summed E-state index contributed by atoms with van der Waals surface area (Å²) in [6.07, 6.45) is 1.66. The predicted molar refractivity (Wildman–Crippen MR) is 119 cm³/mol. The van der Waals surface area contributed by atoms with Gasteiger partial charge in [-0.15, -0.1) is 0 Å². The molecule has 0 aliphatic carbocycles. The van der Waals surface area contributed by atoms with Crippen LogP contribution in [0.4, 0.5) is 0 Å². The summed E-state index contributed by atoms with van der Waals surface area (Å²) in [7, 11) is 3.79. The van der Waals surface area contributed by atoms with Gasteiger partial charge in [0.25, 0.3) is 5.43 Å². The van der Waals surface area contributed by atoms with E-state index >= 15 is 0 Å². The Balaban J connectivity index is 1.79. The Kier molecular flexibility index (Phi) is 5.33. The van der Waals surface area contributed by atoms with Crippen LogP contribution >= 0.6 is 0 Å². The zero-order chi connectivity index (χ0) is 22.1. The van der Waals surface area contributed by atoms with Crippen LogP contribution in [0.25, 0.3) is 28.0 Å². The number of aromatic nitrogens is 1. The Hall–Kier alpha value is -3.87. The second-order valence-electron chi connectivity index (χ2n) is 7.68. The second kappa shape index (κ2) is 8.10. The Morgan fingerprint density at radius 1 is 1.06 bits per heavy atom. The van der Waals surface area contributed by atoms with E-state index in [0.717, 1.165) is 10.9 Å². The fourth-order valence-corrected chi connectivity index (χ4v) is 3.49. The Morgan fingerprint density at radius 3 is 2.52 bits per heavy atom. The number of nitrogens with zero attached hydrogens (tertiary/aromatic N) is 2. The van der Waals surface area contributed by atoms with Gasteiger partial charge < -0.3 is 19.7 Å². The van der Waals surface area contributed by atoms with Gasteiger partial charge in [-0.05, 0) is 42.7 Å². The number of aryl methyl sites for hydroxylation is 1. The lowest BCUT2D eigenvalue weighted by molar-refractivity contribution is 0.461. The molecule has 3 N–H and O–H groups in total. The molecule has 1 heterocycles. The van der Waals surface area contributed by atoms with Crippen LogP contribution in [0.2, 0.25) is 0 Å². The molecule has 7 nitrogen and oxygen atoms in total. The molecule has 0 atom stereocenters. The quantitative estimate of drug-likeness (QED) is 0.346. The van der Waals surface area contributed by atoms with Crippen molar-refractivity contribution in [2.45, 2.75) is 19.3 Å². The van der Waals surface area contributed by atoms with Gasteiger partial charge in [-0.2, -0.15) is 0 Å². The van der Waals surface area contributed by atoms with Gasteiger partial charge in [0.05, 0.1) is 6.07 Å². The molecule has 3 aromatic carbocycles. The fraction of sp³-hybridized carbons (Fsp3) is 0.208. The van der Waals surface area contributed by atoms with E-state index in [0.29, 0.717) is 30.4 Å². The summed E-state index contributed by atoms with van der Waals surface area (Å²) in [5, 5.41) is 31.4. The first-order valence-corrected chi connectivity index (χ1v) is 9.94. The van der Waals surface area contributed by atoms with Gasteiger partial charge in [-0.25, -0.2) is 9.56 Å². The molecule has 1 aromatic heterocycles. The number of rotatable bonds is 4. The van der Waals surface area contributed by atoms with E-state index in [1.807, 2.05) is 36.9 Å². The summed E-state index contributed by atoms with van der Waals surface area (Å²) in [4.78, 5) is 17.0. The minimum atomic E-state index is -0.666. The molecule has 0 amide bonds. The molecule has 4 aromatic rings. The highest BCUT2D eigenvalue weighted by molar-refractivity contribution is 5.84. The van der Waals surface area contributed by atoms with E-state index in [9.17, 15) is 20.1 Å². The SMILES string of the molecule is C[N+](C)=c1ccc2nc3/c(=C(/O)CCCc4ccc(O)cc4)cc(O)c(=O)c3oc2c1. The van der Waals surface area contributed by atoms with E-state index in [1.54, 1.807) is 24.3 Å². The molecule has 0 bridgehead atoms. The molecule has 0 spiro atoms. The van der Waals surface area contributed by atoms with Crippen molar-refractivity contribution in [3.05, 3.63) is 74.9 Å². The van der Waals surface area contributed by atoms with E-state index < -0.39 is 11.2 Å². The molecule has 0 unspecified atom stereocenters. The molecule has 0 fully saturated rings. The molecule has 0 saturated heterocycles. The highest BCUT2D eigenvalue weighted by Crippen LogP contribution is 2.18. The van der Waals surface area contributed by atoms with E-state index in [4.69, 9.17) is 4.42 Å². The smallest absolute Gasteiger partial charge is 0.264 e. The van der Waals surface area contributed by atoms with Gasteiger partial charge in [0.2, 0.25) is 10.9 Å². The van der Waals surface area contributed by atoms with Crippen LogP contribution in [0.3, 0.4) is 0 Å². The van der Waals surface area contributed by atoms with Crippen molar-refractivity contribution in [3.8, 4) is 11.5 Å². The van der Waals surface area contributed by atoms with Crippen molar-refractivity contribution in [2.75, 3.05) is 14.1 Å². The molecule has 4 rings (SSSR count). The number of aromatic hydroxyl groups is 2. The Bertz CT molecular complexity index is 1470. The molecule has 0 radical (unpaired) electrons. The predicted octanol–water partition coefficient (Wildman–Crippen LogP) is 2.19. The van der Waals surface area contributed by atoms with Gasteiger partial charge in [0.15, 0.2) is 11.3 Å². The maximum Gasteiger partial charge on any atom is 0.264 e. The van der Waals surface area contributed by atoms with Crippen molar-refractivity contribution >= 4 is 28.0 Å². The molecule has 0 aliphatic heterocycles. The van der Waals surface area contributed by atoms with Gasteiger partial charge in [-0.1, -0.05) is 12.1 Å². The lowest BCUT2D eigenvalue weighted by Crippen LogP contribution is -2.21. The highest BCUT2D eigenvalue weighted by Gasteiger charge is 2.14. The largest absolute Gasteiger partial charge is 0.512 e. The van der Waals surface area contributed by atoms with Crippen LogP contribution in [0.5, 0.6) is 11.5 Å². The average Bonchev–Trinajstić information content (AvgIpc) is 2.76. The van der Waals surface area contributed by atoms with E-state index in [1.165, 1.54) is 6.07 Å². The zero-order valence-corrected chi connectivity index (χ0v) is 17.3. The fourth-order valence-electron chi connectivity index (χ4n) is 3.49. The van der Waals surface area contributed by atoms with Crippen molar-refractivity contribution < 1.29 is 19.7 Å². The minimum Gasteiger partial charge on any atom is -0.512 e. The number of phenolic OH excluding ortho intramolecular Hbond substituents is 2. The number of hydrogen-bond acceptors (Lipinski definition) is 6. The summed E-state index contributed by atoms with van der Waals surface area (Å²) in [6.45, 7) is 0. The molecule has 31 heavy (non-hydrogen) atoms. The van der Waals surface area contributed by atoms with Gasteiger partial charge >= 0.3 is 0 Å². The third-order valence-electron chi connectivity index (χ3n) is 5.22. The molecular weight excluding hydrogens is 396 g/mol. The van der Waals surface area contributed by atoms with Gasteiger partial charge in [-0.3, -0.25) is 4.79 Å². The number of hydrogen-bond donors (Lipinski definition) is 3. The van der Waals surface area contributed by atoms with Crippen LogP contribution in [-0.4, -0.2) is 34.4 Å². The highest BCUT2D eigenvalue weighted by atomic mass is 16.3. The standard InChI is InChI=1S/C24H22N2O5/c1-26(2)15-8-11-18-21(12-15)31-24-22(25-18)17(13-20(29)23(24)30)19(28)5-3-4-14-6-9-16(27)10-7-14/h6-13H,3-5H2,1-2H3,(H2,25,27,30)/p+1. The summed E-state index contributed by atoms with van der Waals surface area (Å²) in [6, 6.07) is 13.6. The normalized spacial score (nSPS) is 12.3. The van der Waals surface area contributed by atoms with Crippen molar-refractivity contribution in [1.29, 1.82) is 0 Å². The van der Waals surface area contributed by atoms with Crippen LogP contribution in [-0.2, 0) is 6.42 Å². The van der Waals surface area contributed by atoms with Crippen LogP contribution < -0.4 is 20.6 Å². The average molecular weight is 419 g/mol. The van der Waals surface area contributed by atoms with Crippen LogP contribution in [0.1, 0.15) is 18.4 Å². The second-order valence-corrected chi connectivity index (χ2v) is 7.68. The first kappa shape index (κ1) is 20.4. The first-order chi connectivity index (χ1) is 14.8. The number of aliphatic hydroxyl groups is 1. The Morgan fingerprint density at radius 2 is 1.81 bits per heavy atom. The third-order valence-corrected chi connectivity index (χ3v) is 5.22. The Labute approximate surface area is 177 Å². The van der Waals surface area contributed by atoms with Crippen LogP contribution in [0.15, 0.2) is 57.7 Å². The third kappa shape index (κ3) is 4.07. The summed E-state index contributed by atoms with van der Waals surface area (Å²) >= 11 is 0. The molecule has 7 heteroatoms. The molecule has 158 valence electrons. The summed E-state index contributed by atoms with van der Waals surface area (Å²) in [5.41, 5.74) is 1.45. The monoisotopic (exact) mass is 419 g/mol. The lowest BCUT2D eigenvalue weighted by Gasteiger charge is -2.05. The van der Waals surface area contributed by atoms with Crippen molar-refractivity contribution in [1.82, 2.24) is 9.56 Å². The van der Waals surface area contributed by atoms with E-state index in [2.05, 4.69) is 4.98 Å². The molecule has 0 aliphatic rings. The van der Waals surface area contributed by atoms with Gasteiger partial charge in [0, 0.05) is 17.7 Å². The number of fused-ring (bicyclic) bond motifs is 2. The van der Waals surface area contributed by atoms with Gasteiger partial charge in [0.1, 0.15) is 36.6 Å². The van der Waals surface area contributed by atoms with E-state index in [-0.39, 0.29) is 27.8 Å². The van der Waals surface area contributed by atoms with Crippen LogP contribution in [0, 0.1) is 0 Å². The maximum atomic E-state index is 12.5. The topological polar surface area (TPSA) is 107 Å². The lowest BCUT2D eigenvalue weighted by atomic mass is 10.1. The summed E-state index contributed by atoms with van der Waals surface area (Å²) in [5.74, 6) is -0.273. The molecular formula is C24H23N2O5+. The van der Waals surface area contributed by atoms with Crippen molar-refractivity contribution in [2.24, 2.45) is 0 Å². The first-order valence-electron chi connectivity index (χ1n) is 9.94. The minimum absolute atomic E-state index is 0.0195. The zero-order valence-electron chi connectivity index (χ0n) is 17.3. The maximum absolute atomic E-state index is 12.5. The number of aliphatic hydroxyl groups excluding tert-OH is 1.